The molecule has 2 N–H and O–H groups in total. The number of hydrogen-bond donors (Lipinski definition) is 2. The summed E-state index contributed by atoms with van der Waals surface area (Å²) in [6.45, 7) is 0.364. The largest absolute Gasteiger partial charge is 0.481 e. The van der Waals surface area contributed by atoms with Crippen LogP contribution in [-0.2, 0) is 4.79 Å². The molecule has 2 aromatic rings. The molecule has 94 valence electrons. The molecule has 2 aromatic heterocycles. The second kappa shape index (κ2) is 3.90. The van der Waals surface area contributed by atoms with E-state index >= 15 is 0 Å². The normalized spacial score (nSPS) is 17.3. The molecule has 2 heterocycles. The van der Waals surface area contributed by atoms with Crippen molar-refractivity contribution in [2.75, 3.05) is 11.9 Å². The summed E-state index contributed by atoms with van der Waals surface area (Å²) in [4.78, 5) is 15.2. The number of carbonyl (C=O) groups is 1. The Kier molecular flexibility index (Phi) is 2.35. The lowest BCUT2D eigenvalue weighted by Gasteiger charge is -2.37. The average Bonchev–Trinajstić information content (AvgIpc) is 2.75. The first-order valence-electron chi connectivity index (χ1n) is 5.71. The molecule has 0 atom stereocenters. The van der Waals surface area contributed by atoms with Gasteiger partial charge in [0, 0.05) is 6.54 Å². The highest BCUT2D eigenvalue weighted by Gasteiger charge is 2.44. The highest BCUT2D eigenvalue weighted by atomic mass is 16.4. The Labute approximate surface area is 102 Å². The molecule has 0 aromatic carbocycles. The Morgan fingerprint density at radius 3 is 3.00 bits per heavy atom. The van der Waals surface area contributed by atoms with Crippen LogP contribution in [-0.4, -0.2) is 42.6 Å². The van der Waals surface area contributed by atoms with Crippen LogP contribution in [0.1, 0.15) is 19.3 Å². The van der Waals surface area contributed by atoms with Crippen molar-refractivity contribution < 1.29 is 9.90 Å². The lowest BCUT2D eigenvalue weighted by atomic mass is 9.69. The summed E-state index contributed by atoms with van der Waals surface area (Å²) in [5, 5.41) is 23.4. The minimum atomic E-state index is -0.752. The van der Waals surface area contributed by atoms with Gasteiger partial charge in [-0.3, -0.25) is 9.78 Å². The van der Waals surface area contributed by atoms with E-state index in [-0.39, 0.29) is 0 Å². The van der Waals surface area contributed by atoms with E-state index in [1.54, 1.807) is 12.4 Å². The first-order valence-corrected chi connectivity index (χ1v) is 5.71. The van der Waals surface area contributed by atoms with Crippen LogP contribution in [0.15, 0.2) is 12.4 Å². The van der Waals surface area contributed by atoms with Crippen molar-refractivity contribution in [2.45, 2.75) is 19.3 Å². The van der Waals surface area contributed by atoms with Crippen molar-refractivity contribution >= 4 is 17.4 Å². The summed E-state index contributed by atoms with van der Waals surface area (Å²) in [6.07, 6.45) is 5.49. The van der Waals surface area contributed by atoms with Crippen LogP contribution >= 0.6 is 0 Å². The molecule has 1 fully saturated rings. The Hall–Kier alpha value is -2.25. The van der Waals surface area contributed by atoms with Crippen LogP contribution in [0.3, 0.4) is 0 Å². The minimum Gasteiger partial charge on any atom is -0.481 e. The number of anilines is 1. The zero-order valence-electron chi connectivity index (χ0n) is 9.57. The van der Waals surface area contributed by atoms with E-state index in [2.05, 4.69) is 25.8 Å². The standard InChI is InChI=1S/C10H12N6O2/c17-9(18)10(2-1-3-10)6-12-7-4-11-5-8-13-14-15-16(7)8/h4-5,12H,1-3,6H2,(H,17,18). The van der Waals surface area contributed by atoms with E-state index in [0.29, 0.717) is 30.9 Å². The molecule has 0 amide bonds. The molecule has 1 saturated carbocycles. The third kappa shape index (κ3) is 1.57. The molecule has 0 spiro atoms. The van der Waals surface area contributed by atoms with Crippen LogP contribution in [0.4, 0.5) is 5.82 Å². The van der Waals surface area contributed by atoms with Gasteiger partial charge in [0.25, 0.3) is 0 Å². The van der Waals surface area contributed by atoms with Crippen molar-refractivity contribution in [3.8, 4) is 0 Å². The zero-order chi connectivity index (χ0) is 12.6. The fraction of sp³-hybridized carbons (Fsp3) is 0.500. The molecule has 0 unspecified atom stereocenters. The van der Waals surface area contributed by atoms with Crippen LogP contribution in [0.5, 0.6) is 0 Å². The predicted molar refractivity (Wildman–Crippen MR) is 61.0 cm³/mol. The Balaban J connectivity index is 1.81. The van der Waals surface area contributed by atoms with E-state index in [1.165, 1.54) is 4.52 Å². The van der Waals surface area contributed by atoms with Gasteiger partial charge in [0.05, 0.1) is 17.8 Å². The van der Waals surface area contributed by atoms with Gasteiger partial charge in [0.15, 0.2) is 5.65 Å². The maximum absolute atomic E-state index is 11.2. The molecule has 1 aliphatic rings. The summed E-state index contributed by atoms with van der Waals surface area (Å²) >= 11 is 0. The molecule has 0 radical (unpaired) electrons. The minimum absolute atomic E-state index is 0.364. The highest BCUT2D eigenvalue weighted by molar-refractivity contribution is 5.76. The molecule has 18 heavy (non-hydrogen) atoms. The van der Waals surface area contributed by atoms with E-state index in [0.717, 1.165) is 6.42 Å². The third-order valence-electron chi connectivity index (χ3n) is 3.48. The Morgan fingerprint density at radius 1 is 1.50 bits per heavy atom. The maximum atomic E-state index is 11.2. The van der Waals surface area contributed by atoms with Crippen LogP contribution in [0.25, 0.3) is 5.65 Å². The highest BCUT2D eigenvalue weighted by Crippen LogP contribution is 2.41. The topological polar surface area (TPSA) is 105 Å². The number of nitrogens with zero attached hydrogens (tertiary/aromatic N) is 5. The fourth-order valence-corrected chi connectivity index (χ4v) is 2.13. The van der Waals surface area contributed by atoms with Gasteiger partial charge in [0.1, 0.15) is 5.82 Å². The Morgan fingerprint density at radius 2 is 2.33 bits per heavy atom. The molecule has 0 saturated heterocycles. The zero-order valence-corrected chi connectivity index (χ0v) is 9.57. The summed E-state index contributed by atoms with van der Waals surface area (Å²) < 4.78 is 1.50. The van der Waals surface area contributed by atoms with Crippen molar-refractivity contribution in [3.05, 3.63) is 12.4 Å². The molecular weight excluding hydrogens is 236 g/mol. The van der Waals surface area contributed by atoms with Crippen molar-refractivity contribution in [1.82, 2.24) is 25.0 Å². The second-order valence-electron chi connectivity index (χ2n) is 4.53. The summed E-state index contributed by atoms with van der Waals surface area (Å²) in [6, 6.07) is 0. The molecule has 8 nitrogen and oxygen atoms in total. The van der Waals surface area contributed by atoms with Gasteiger partial charge >= 0.3 is 5.97 Å². The predicted octanol–water partition coefficient (Wildman–Crippen LogP) is 0.186. The Bertz CT molecular complexity index is 591. The van der Waals surface area contributed by atoms with Crippen LogP contribution < -0.4 is 5.32 Å². The van der Waals surface area contributed by atoms with Crippen molar-refractivity contribution in [1.29, 1.82) is 0 Å². The first kappa shape index (κ1) is 10.9. The maximum Gasteiger partial charge on any atom is 0.311 e. The van der Waals surface area contributed by atoms with Crippen LogP contribution in [0, 0.1) is 5.41 Å². The number of aliphatic carboxylic acids is 1. The quantitative estimate of drug-likeness (QED) is 0.795. The number of carboxylic acid groups (broad SMARTS) is 1. The molecule has 1 aliphatic carbocycles. The molecule has 3 rings (SSSR count). The van der Waals surface area contributed by atoms with Gasteiger partial charge in [-0.15, -0.1) is 5.10 Å². The van der Waals surface area contributed by atoms with E-state index in [1.807, 2.05) is 0 Å². The summed E-state index contributed by atoms with van der Waals surface area (Å²) in [7, 11) is 0. The van der Waals surface area contributed by atoms with Gasteiger partial charge in [-0.2, -0.15) is 4.52 Å². The first-order chi connectivity index (χ1) is 8.71. The molecule has 8 heteroatoms. The van der Waals surface area contributed by atoms with Gasteiger partial charge in [-0.25, -0.2) is 0 Å². The number of nitrogens with one attached hydrogen (secondary N) is 1. The fourth-order valence-electron chi connectivity index (χ4n) is 2.13. The SMILES string of the molecule is O=C(O)C1(CNc2cncc3nnnn23)CCC1. The summed E-state index contributed by atoms with van der Waals surface area (Å²) in [5.41, 5.74) is -0.131. The third-order valence-corrected chi connectivity index (χ3v) is 3.48. The monoisotopic (exact) mass is 248 g/mol. The molecular formula is C10H12N6O2. The van der Waals surface area contributed by atoms with E-state index < -0.39 is 11.4 Å². The van der Waals surface area contributed by atoms with Gasteiger partial charge in [0.2, 0.25) is 0 Å². The lowest BCUT2D eigenvalue weighted by molar-refractivity contribution is -0.153. The molecule has 0 aliphatic heterocycles. The van der Waals surface area contributed by atoms with Gasteiger partial charge in [-0.05, 0) is 23.3 Å². The van der Waals surface area contributed by atoms with Crippen molar-refractivity contribution in [3.63, 3.8) is 0 Å². The average molecular weight is 248 g/mol. The van der Waals surface area contributed by atoms with Gasteiger partial charge in [-0.1, -0.05) is 6.42 Å². The number of tetrazole rings is 1. The lowest BCUT2D eigenvalue weighted by Crippen LogP contribution is -2.43. The number of hydrogen-bond acceptors (Lipinski definition) is 6. The summed E-state index contributed by atoms with van der Waals surface area (Å²) in [5.74, 6) is -0.150. The smallest absolute Gasteiger partial charge is 0.311 e. The van der Waals surface area contributed by atoms with Crippen molar-refractivity contribution in [2.24, 2.45) is 5.41 Å². The number of fused-ring (bicyclic) bond motifs is 1. The number of carboxylic acids is 1. The molecule has 0 bridgehead atoms. The van der Waals surface area contributed by atoms with E-state index in [4.69, 9.17) is 0 Å². The van der Waals surface area contributed by atoms with Gasteiger partial charge < -0.3 is 10.4 Å². The number of rotatable bonds is 4. The number of aromatic nitrogens is 5. The second-order valence-corrected chi connectivity index (χ2v) is 4.53. The van der Waals surface area contributed by atoms with Crippen LogP contribution in [0.2, 0.25) is 0 Å². The van der Waals surface area contributed by atoms with E-state index in [9.17, 15) is 9.90 Å².